The maximum absolute atomic E-state index is 11.2. The molecule has 1 aliphatic rings. The molecule has 0 aromatic heterocycles. The number of halogens is 1. The second kappa shape index (κ2) is 3.86. The van der Waals surface area contributed by atoms with Crippen molar-refractivity contribution in [2.24, 2.45) is 0 Å². The minimum Gasteiger partial charge on any atom is -0.480 e. The van der Waals surface area contributed by atoms with Crippen molar-refractivity contribution in [3.63, 3.8) is 0 Å². The van der Waals surface area contributed by atoms with E-state index in [1.807, 2.05) is 18.2 Å². The van der Waals surface area contributed by atoms with Crippen molar-refractivity contribution < 1.29 is 9.90 Å². The number of rotatable bonds is 1. The summed E-state index contributed by atoms with van der Waals surface area (Å²) in [4.78, 5) is 11.2. The fourth-order valence-electron chi connectivity index (χ4n) is 2.27. The lowest BCUT2D eigenvalue weighted by atomic mass is 9.77. The van der Waals surface area contributed by atoms with Crippen molar-refractivity contribution in [2.75, 3.05) is 6.54 Å². The van der Waals surface area contributed by atoms with Gasteiger partial charge in [-0.05, 0) is 17.2 Å². The monoisotopic (exact) mass is 283 g/mol. The predicted molar refractivity (Wildman–Crippen MR) is 65.5 cm³/mol. The second-order valence-corrected chi connectivity index (χ2v) is 5.59. The summed E-state index contributed by atoms with van der Waals surface area (Å²) in [6.45, 7) is 4.89. The van der Waals surface area contributed by atoms with Crippen LogP contribution in [0.3, 0.4) is 0 Å². The number of carbonyl (C=O) groups is 1. The number of fused-ring (bicyclic) bond motifs is 1. The van der Waals surface area contributed by atoms with Crippen LogP contribution in [0.1, 0.15) is 31.0 Å². The van der Waals surface area contributed by atoms with Gasteiger partial charge in [0.15, 0.2) is 0 Å². The lowest BCUT2D eigenvalue weighted by molar-refractivity contribution is -0.140. The maximum atomic E-state index is 11.2. The molecule has 3 nitrogen and oxygen atoms in total. The Morgan fingerprint density at radius 3 is 2.88 bits per heavy atom. The maximum Gasteiger partial charge on any atom is 0.325 e. The van der Waals surface area contributed by atoms with Gasteiger partial charge in [-0.3, -0.25) is 10.1 Å². The molecule has 0 radical (unpaired) electrons. The molecule has 0 bridgehead atoms. The van der Waals surface area contributed by atoms with Gasteiger partial charge in [0, 0.05) is 16.4 Å². The minimum absolute atomic E-state index is 0.0542. The third-order valence-electron chi connectivity index (χ3n) is 3.03. The summed E-state index contributed by atoms with van der Waals surface area (Å²) >= 11 is 3.51. The highest BCUT2D eigenvalue weighted by atomic mass is 79.9. The van der Waals surface area contributed by atoms with Crippen LogP contribution in [0, 0.1) is 0 Å². The van der Waals surface area contributed by atoms with Gasteiger partial charge >= 0.3 is 5.97 Å². The van der Waals surface area contributed by atoms with Crippen molar-refractivity contribution in [1.29, 1.82) is 0 Å². The van der Waals surface area contributed by atoms with Gasteiger partial charge in [-0.25, -0.2) is 0 Å². The standard InChI is InChI=1S/C12H14BrNO2/c1-12(2)6-14-10(11(15)16)7-4-3-5-8(13)9(7)12/h3-5,10,14H,6H2,1-2H3,(H,15,16). The average Bonchev–Trinajstić information content (AvgIpc) is 2.16. The van der Waals surface area contributed by atoms with Crippen LogP contribution in [0.25, 0.3) is 0 Å². The van der Waals surface area contributed by atoms with Gasteiger partial charge in [-0.1, -0.05) is 41.9 Å². The topological polar surface area (TPSA) is 49.3 Å². The highest BCUT2D eigenvalue weighted by Gasteiger charge is 2.36. The van der Waals surface area contributed by atoms with Crippen molar-refractivity contribution >= 4 is 21.9 Å². The predicted octanol–water partition coefficient (Wildman–Crippen LogP) is 2.46. The third kappa shape index (κ3) is 1.76. The van der Waals surface area contributed by atoms with Gasteiger partial charge in [0.05, 0.1) is 0 Å². The fraction of sp³-hybridized carbons (Fsp3) is 0.417. The molecule has 0 saturated carbocycles. The molecule has 1 aromatic rings. The Hall–Kier alpha value is -0.870. The zero-order valence-electron chi connectivity index (χ0n) is 9.25. The number of hydrogen-bond donors (Lipinski definition) is 2. The molecule has 1 aromatic carbocycles. The molecule has 1 unspecified atom stereocenters. The van der Waals surface area contributed by atoms with Crippen molar-refractivity contribution in [3.05, 3.63) is 33.8 Å². The first-order valence-corrected chi connectivity index (χ1v) is 5.98. The van der Waals surface area contributed by atoms with Gasteiger partial charge in [0.25, 0.3) is 0 Å². The first-order chi connectivity index (χ1) is 7.43. The second-order valence-electron chi connectivity index (χ2n) is 4.74. The van der Waals surface area contributed by atoms with E-state index >= 15 is 0 Å². The molecular formula is C12H14BrNO2. The number of aliphatic carboxylic acids is 1. The number of carboxylic acids is 1. The van der Waals surface area contributed by atoms with Gasteiger partial charge < -0.3 is 5.11 Å². The van der Waals surface area contributed by atoms with Gasteiger partial charge in [-0.2, -0.15) is 0 Å². The molecule has 0 saturated heterocycles. The molecule has 2 rings (SSSR count). The summed E-state index contributed by atoms with van der Waals surface area (Å²) in [6.07, 6.45) is 0. The van der Waals surface area contributed by atoms with Gasteiger partial charge in [0.1, 0.15) is 6.04 Å². The highest BCUT2D eigenvalue weighted by molar-refractivity contribution is 9.10. The molecule has 1 aliphatic heterocycles. The Kier molecular flexibility index (Phi) is 2.80. The highest BCUT2D eigenvalue weighted by Crippen LogP contribution is 2.38. The van der Waals surface area contributed by atoms with E-state index in [0.29, 0.717) is 6.54 Å². The van der Waals surface area contributed by atoms with Crippen LogP contribution in [0.15, 0.2) is 22.7 Å². The first-order valence-electron chi connectivity index (χ1n) is 5.18. The lowest BCUT2D eigenvalue weighted by Gasteiger charge is -2.37. The quantitative estimate of drug-likeness (QED) is 0.833. The minimum atomic E-state index is -0.824. The van der Waals surface area contributed by atoms with Crippen LogP contribution in [0.5, 0.6) is 0 Å². The van der Waals surface area contributed by atoms with Gasteiger partial charge in [0.2, 0.25) is 0 Å². The molecule has 0 aliphatic carbocycles. The molecule has 16 heavy (non-hydrogen) atoms. The molecule has 1 atom stereocenters. The first kappa shape index (κ1) is 11.6. The largest absolute Gasteiger partial charge is 0.480 e. The summed E-state index contributed by atoms with van der Waals surface area (Å²) in [5.74, 6) is -0.824. The van der Waals surface area contributed by atoms with Crippen LogP contribution < -0.4 is 5.32 Å². The molecule has 2 N–H and O–H groups in total. The molecule has 4 heteroatoms. The molecule has 0 spiro atoms. The smallest absolute Gasteiger partial charge is 0.325 e. The Morgan fingerprint density at radius 1 is 1.56 bits per heavy atom. The van der Waals surface area contributed by atoms with Crippen molar-refractivity contribution in [1.82, 2.24) is 5.32 Å². The molecule has 86 valence electrons. The van der Waals surface area contributed by atoms with Gasteiger partial charge in [-0.15, -0.1) is 0 Å². The SMILES string of the molecule is CC1(C)CNC(C(=O)O)c2cccc(Br)c21. The Morgan fingerprint density at radius 2 is 2.25 bits per heavy atom. The average molecular weight is 284 g/mol. The summed E-state index contributed by atoms with van der Waals surface area (Å²) in [7, 11) is 0. The molecule has 0 amide bonds. The zero-order valence-corrected chi connectivity index (χ0v) is 10.8. The van der Waals surface area contributed by atoms with Crippen LogP contribution in [0.2, 0.25) is 0 Å². The van der Waals surface area contributed by atoms with E-state index in [-0.39, 0.29) is 5.41 Å². The van der Waals surface area contributed by atoms with Crippen LogP contribution in [-0.4, -0.2) is 17.6 Å². The summed E-state index contributed by atoms with van der Waals surface area (Å²) in [5.41, 5.74) is 1.90. The Balaban J connectivity index is 2.62. The number of benzene rings is 1. The van der Waals surface area contributed by atoms with E-state index < -0.39 is 12.0 Å². The molecular weight excluding hydrogens is 270 g/mol. The third-order valence-corrected chi connectivity index (χ3v) is 3.69. The molecule has 1 heterocycles. The Bertz CT molecular complexity index is 443. The van der Waals surface area contributed by atoms with E-state index in [2.05, 4.69) is 35.1 Å². The summed E-state index contributed by atoms with van der Waals surface area (Å²) in [6, 6.07) is 5.13. The van der Waals surface area contributed by atoms with E-state index in [0.717, 1.165) is 15.6 Å². The zero-order chi connectivity index (χ0) is 11.9. The van der Waals surface area contributed by atoms with E-state index in [4.69, 9.17) is 5.11 Å². The van der Waals surface area contributed by atoms with Crippen molar-refractivity contribution in [2.45, 2.75) is 25.3 Å². The van der Waals surface area contributed by atoms with Crippen LogP contribution >= 0.6 is 15.9 Å². The molecule has 0 fully saturated rings. The van der Waals surface area contributed by atoms with E-state index in [1.54, 1.807) is 0 Å². The lowest BCUT2D eigenvalue weighted by Crippen LogP contribution is -2.44. The van der Waals surface area contributed by atoms with Crippen molar-refractivity contribution in [3.8, 4) is 0 Å². The normalized spacial score (nSPS) is 22.6. The fourth-order valence-corrected chi connectivity index (χ4v) is 3.19. The summed E-state index contributed by atoms with van der Waals surface area (Å²) in [5, 5.41) is 12.2. The summed E-state index contributed by atoms with van der Waals surface area (Å²) < 4.78 is 0.989. The van der Waals surface area contributed by atoms with Crippen LogP contribution in [-0.2, 0) is 10.2 Å². The number of carboxylic acid groups (broad SMARTS) is 1. The number of nitrogens with one attached hydrogen (secondary N) is 1. The number of hydrogen-bond acceptors (Lipinski definition) is 2. The Labute approximate surface area is 103 Å². The van der Waals surface area contributed by atoms with E-state index in [1.165, 1.54) is 0 Å². The van der Waals surface area contributed by atoms with Crippen LogP contribution in [0.4, 0.5) is 0 Å². The van der Waals surface area contributed by atoms with E-state index in [9.17, 15) is 4.79 Å².